The second-order valence-corrected chi connectivity index (χ2v) is 9.63. The molecule has 6 nitrogen and oxygen atoms in total. The number of sulfone groups is 1. The van der Waals surface area contributed by atoms with Crippen LogP contribution in [-0.2, 0) is 22.1 Å². The highest BCUT2D eigenvalue weighted by molar-refractivity contribution is 7.89. The summed E-state index contributed by atoms with van der Waals surface area (Å²) in [5.74, 6) is 0.149. The van der Waals surface area contributed by atoms with Crippen molar-refractivity contribution >= 4 is 15.8 Å². The lowest BCUT2D eigenvalue weighted by atomic mass is 10.0. The zero-order valence-corrected chi connectivity index (χ0v) is 18.0. The quantitative estimate of drug-likeness (QED) is 0.506. The number of halogens is 1. The molecule has 0 radical (unpaired) electrons. The van der Waals surface area contributed by atoms with E-state index in [1.54, 1.807) is 0 Å². The van der Waals surface area contributed by atoms with Crippen LogP contribution < -0.4 is 10.6 Å². The lowest BCUT2D eigenvalue weighted by Crippen LogP contribution is -2.45. The summed E-state index contributed by atoms with van der Waals surface area (Å²) >= 11 is 0. The topological polar surface area (TPSA) is 73.8 Å². The highest BCUT2D eigenvalue weighted by Crippen LogP contribution is 2.16. The molecule has 0 spiro atoms. The molecule has 1 fully saturated rings. The van der Waals surface area contributed by atoms with Gasteiger partial charge in [-0.15, -0.1) is 0 Å². The minimum Gasteiger partial charge on any atom is -0.357 e. The average Bonchev–Trinajstić information content (AvgIpc) is 2.62. The summed E-state index contributed by atoms with van der Waals surface area (Å²) in [7, 11) is -3.20. The van der Waals surface area contributed by atoms with Gasteiger partial charge in [0, 0.05) is 31.9 Å². The van der Waals surface area contributed by atoms with Crippen LogP contribution in [0, 0.1) is 5.82 Å². The second kappa shape index (κ2) is 10.8. The van der Waals surface area contributed by atoms with Crippen LogP contribution in [-0.4, -0.2) is 57.8 Å². The predicted molar refractivity (Wildman–Crippen MR) is 113 cm³/mol. The summed E-state index contributed by atoms with van der Waals surface area (Å²) in [5, 5.41) is 6.52. The first-order valence-electron chi connectivity index (χ1n) is 9.99. The molecule has 1 aliphatic rings. The van der Waals surface area contributed by atoms with Crippen molar-refractivity contribution in [3.8, 4) is 0 Å². The molecule has 28 heavy (non-hydrogen) atoms. The van der Waals surface area contributed by atoms with Crippen molar-refractivity contribution in [2.45, 2.75) is 51.4 Å². The molecule has 1 unspecified atom stereocenters. The van der Waals surface area contributed by atoms with Crippen LogP contribution in [0.2, 0.25) is 0 Å². The van der Waals surface area contributed by atoms with E-state index in [-0.39, 0.29) is 18.1 Å². The summed E-state index contributed by atoms with van der Waals surface area (Å²) in [6.45, 7) is 8.05. The molecule has 8 heteroatoms. The van der Waals surface area contributed by atoms with E-state index in [0.717, 1.165) is 19.6 Å². The molecule has 1 heterocycles. The Morgan fingerprint density at radius 2 is 2.07 bits per heavy atom. The number of rotatable bonds is 8. The largest absolute Gasteiger partial charge is 0.357 e. The number of hydrogen-bond acceptors (Lipinski definition) is 4. The molecule has 0 bridgehead atoms. The number of piperidine rings is 1. The van der Waals surface area contributed by atoms with Crippen LogP contribution >= 0.6 is 0 Å². The van der Waals surface area contributed by atoms with Crippen LogP contribution in [0.3, 0.4) is 0 Å². The Morgan fingerprint density at radius 3 is 2.75 bits per heavy atom. The summed E-state index contributed by atoms with van der Waals surface area (Å²) in [6, 6.07) is 4.79. The standard InChI is InChI=1S/C20H33FN4O2S/c1-4-22-20(23-10-12-25-11-6-5-7-16(25)2)24-14-18-13-19(21)9-8-17(18)15-28(3,26)27/h8-9,13,16H,4-7,10-12,14-15H2,1-3H3,(H2,22,23,24). The van der Waals surface area contributed by atoms with Gasteiger partial charge < -0.3 is 10.6 Å². The van der Waals surface area contributed by atoms with Gasteiger partial charge in [-0.05, 0) is 56.5 Å². The monoisotopic (exact) mass is 412 g/mol. The van der Waals surface area contributed by atoms with E-state index in [1.807, 2.05) is 6.92 Å². The maximum absolute atomic E-state index is 13.7. The summed E-state index contributed by atoms with van der Waals surface area (Å²) < 4.78 is 36.9. The van der Waals surface area contributed by atoms with Gasteiger partial charge in [0.2, 0.25) is 0 Å². The zero-order valence-electron chi connectivity index (χ0n) is 17.2. The fraction of sp³-hybridized carbons (Fsp3) is 0.650. The van der Waals surface area contributed by atoms with E-state index in [1.165, 1.54) is 43.7 Å². The highest BCUT2D eigenvalue weighted by atomic mass is 32.2. The van der Waals surface area contributed by atoms with Gasteiger partial charge >= 0.3 is 0 Å². The number of likely N-dealkylation sites (tertiary alicyclic amines) is 1. The van der Waals surface area contributed by atoms with Gasteiger partial charge in [0.1, 0.15) is 5.82 Å². The summed E-state index contributed by atoms with van der Waals surface area (Å²) in [5.41, 5.74) is 1.18. The van der Waals surface area contributed by atoms with Crippen LogP contribution in [0.15, 0.2) is 23.2 Å². The molecular formula is C20H33FN4O2S. The number of aliphatic imine (C=N–C) groups is 1. The third kappa shape index (κ3) is 7.75. The molecule has 2 N–H and O–H groups in total. The number of hydrogen-bond donors (Lipinski definition) is 2. The molecular weight excluding hydrogens is 379 g/mol. The molecule has 158 valence electrons. The molecule has 2 rings (SSSR count). The van der Waals surface area contributed by atoms with Crippen molar-refractivity contribution in [3.63, 3.8) is 0 Å². The van der Waals surface area contributed by atoms with Gasteiger partial charge in [-0.1, -0.05) is 12.5 Å². The number of nitrogens with one attached hydrogen (secondary N) is 2. The van der Waals surface area contributed by atoms with Gasteiger partial charge in [-0.25, -0.2) is 17.8 Å². The number of benzene rings is 1. The van der Waals surface area contributed by atoms with Crippen molar-refractivity contribution < 1.29 is 12.8 Å². The van der Waals surface area contributed by atoms with Crippen LogP contribution in [0.1, 0.15) is 44.2 Å². The zero-order chi connectivity index (χ0) is 20.6. The Morgan fingerprint density at radius 1 is 1.29 bits per heavy atom. The molecule has 0 aromatic heterocycles. The Labute approximate surface area is 168 Å². The summed E-state index contributed by atoms with van der Waals surface area (Å²) in [4.78, 5) is 7.01. The van der Waals surface area contributed by atoms with E-state index in [0.29, 0.717) is 29.7 Å². The van der Waals surface area contributed by atoms with E-state index in [9.17, 15) is 12.8 Å². The van der Waals surface area contributed by atoms with E-state index >= 15 is 0 Å². The summed E-state index contributed by atoms with van der Waals surface area (Å²) in [6.07, 6.45) is 4.98. The van der Waals surface area contributed by atoms with E-state index in [4.69, 9.17) is 0 Å². The third-order valence-electron chi connectivity index (χ3n) is 4.97. The SMILES string of the molecule is CCNC(=NCc1cc(F)ccc1CS(C)(=O)=O)NCCN1CCCCC1C. The minimum absolute atomic E-state index is 0.116. The van der Waals surface area contributed by atoms with Crippen molar-refractivity contribution in [2.24, 2.45) is 4.99 Å². The fourth-order valence-electron chi connectivity index (χ4n) is 3.48. The molecule has 1 atom stereocenters. The van der Waals surface area contributed by atoms with Crippen LogP contribution in [0.5, 0.6) is 0 Å². The Balaban J connectivity index is 2.00. The smallest absolute Gasteiger partial charge is 0.191 e. The normalized spacial score (nSPS) is 18.9. The molecule has 0 saturated carbocycles. The minimum atomic E-state index is -3.20. The Kier molecular flexibility index (Phi) is 8.69. The first kappa shape index (κ1) is 22.6. The third-order valence-corrected chi connectivity index (χ3v) is 5.81. The molecule has 1 saturated heterocycles. The average molecular weight is 413 g/mol. The molecule has 0 amide bonds. The molecule has 1 aromatic carbocycles. The van der Waals surface area contributed by atoms with Crippen molar-refractivity contribution in [1.29, 1.82) is 0 Å². The lowest BCUT2D eigenvalue weighted by molar-refractivity contribution is 0.163. The van der Waals surface area contributed by atoms with Crippen molar-refractivity contribution in [3.05, 3.63) is 35.1 Å². The first-order chi connectivity index (χ1) is 13.3. The van der Waals surface area contributed by atoms with Gasteiger partial charge in [0.05, 0.1) is 12.3 Å². The molecule has 0 aliphatic carbocycles. The fourth-order valence-corrected chi connectivity index (χ4v) is 4.33. The first-order valence-corrected chi connectivity index (χ1v) is 12.1. The molecule has 1 aromatic rings. The van der Waals surface area contributed by atoms with Gasteiger partial charge in [-0.2, -0.15) is 0 Å². The maximum Gasteiger partial charge on any atom is 0.191 e. The van der Waals surface area contributed by atoms with Crippen LogP contribution in [0.25, 0.3) is 0 Å². The van der Waals surface area contributed by atoms with Crippen molar-refractivity contribution in [2.75, 3.05) is 32.4 Å². The highest BCUT2D eigenvalue weighted by Gasteiger charge is 2.17. The Hall–Kier alpha value is -1.67. The number of guanidine groups is 1. The van der Waals surface area contributed by atoms with Gasteiger partial charge in [0.15, 0.2) is 15.8 Å². The molecule has 1 aliphatic heterocycles. The van der Waals surface area contributed by atoms with E-state index in [2.05, 4.69) is 27.4 Å². The Bertz CT molecular complexity index is 767. The maximum atomic E-state index is 13.7. The van der Waals surface area contributed by atoms with E-state index < -0.39 is 9.84 Å². The van der Waals surface area contributed by atoms with Crippen LogP contribution in [0.4, 0.5) is 4.39 Å². The predicted octanol–water partition coefficient (Wildman–Crippen LogP) is 2.30. The van der Waals surface area contributed by atoms with Crippen molar-refractivity contribution in [1.82, 2.24) is 15.5 Å². The lowest BCUT2D eigenvalue weighted by Gasteiger charge is -2.33. The number of nitrogens with zero attached hydrogens (tertiary/aromatic N) is 2. The van der Waals surface area contributed by atoms with Gasteiger partial charge in [-0.3, -0.25) is 4.90 Å². The van der Waals surface area contributed by atoms with Gasteiger partial charge in [0.25, 0.3) is 0 Å². The second-order valence-electron chi connectivity index (χ2n) is 7.49.